The molecule has 3 rings (SSSR count). The summed E-state index contributed by atoms with van der Waals surface area (Å²) in [5.74, 6) is 0.580. The van der Waals surface area contributed by atoms with Crippen LogP contribution in [0.1, 0.15) is 57.7 Å². The Morgan fingerprint density at radius 3 is 2.57 bits per heavy atom. The van der Waals surface area contributed by atoms with E-state index in [9.17, 15) is 0 Å². The molecule has 0 unspecified atom stereocenters. The normalized spacial score (nSPS) is 17.3. The molecule has 4 nitrogen and oxygen atoms in total. The van der Waals surface area contributed by atoms with Crippen molar-refractivity contribution in [3.63, 3.8) is 0 Å². The van der Waals surface area contributed by atoms with Crippen molar-refractivity contribution in [2.24, 2.45) is 5.41 Å². The van der Waals surface area contributed by atoms with Gasteiger partial charge in [-0.05, 0) is 66.9 Å². The first kappa shape index (κ1) is 20.8. The number of fused-ring (bicyclic) bond motifs is 1. The summed E-state index contributed by atoms with van der Waals surface area (Å²) in [7, 11) is 3.94. The van der Waals surface area contributed by atoms with Crippen LogP contribution in [0.15, 0.2) is 36.7 Å². The van der Waals surface area contributed by atoms with Gasteiger partial charge in [-0.25, -0.2) is 5.43 Å². The summed E-state index contributed by atoms with van der Waals surface area (Å²) >= 11 is 0. The summed E-state index contributed by atoms with van der Waals surface area (Å²) in [6.07, 6.45) is 6.59. The number of benzene rings is 1. The van der Waals surface area contributed by atoms with E-state index >= 15 is 0 Å². The van der Waals surface area contributed by atoms with Crippen molar-refractivity contribution >= 4 is 16.3 Å². The lowest BCUT2D eigenvalue weighted by Crippen LogP contribution is -2.38. The number of nitrogens with one attached hydrogen (secondary N) is 1. The Morgan fingerprint density at radius 2 is 1.93 bits per heavy atom. The number of allylic oxidation sites excluding steroid dienone is 1. The third kappa shape index (κ3) is 5.33. The molecule has 0 spiro atoms. The highest BCUT2D eigenvalue weighted by Gasteiger charge is 2.24. The first-order valence-corrected chi connectivity index (χ1v) is 10.5. The van der Waals surface area contributed by atoms with Crippen molar-refractivity contribution < 1.29 is 0 Å². The first-order chi connectivity index (χ1) is 13.2. The summed E-state index contributed by atoms with van der Waals surface area (Å²) < 4.78 is 0. The molecule has 0 radical (unpaired) electrons. The summed E-state index contributed by atoms with van der Waals surface area (Å²) in [6.45, 7) is 12.7. The van der Waals surface area contributed by atoms with Gasteiger partial charge in [0.2, 0.25) is 0 Å². The number of aromatic nitrogens is 1. The zero-order valence-electron chi connectivity index (χ0n) is 18.4. The minimum atomic E-state index is 0.372. The molecule has 0 bridgehead atoms. The molecule has 4 heteroatoms. The lowest BCUT2D eigenvalue weighted by Gasteiger charge is -2.35. The molecule has 1 saturated heterocycles. The average Bonchev–Trinajstić information content (AvgIpc) is 2.66. The molecular formula is C24H36N4. The van der Waals surface area contributed by atoms with E-state index < -0.39 is 0 Å². The highest BCUT2D eigenvalue weighted by atomic mass is 15.5. The Morgan fingerprint density at radius 1 is 1.21 bits per heavy atom. The van der Waals surface area contributed by atoms with E-state index in [0.717, 1.165) is 0 Å². The number of hydrogen-bond acceptors (Lipinski definition) is 4. The predicted octanol–water partition coefficient (Wildman–Crippen LogP) is 4.89. The van der Waals surface area contributed by atoms with Gasteiger partial charge in [0.1, 0.15) is 0 Å². The second-order valence-corrected chi connectivity index (χ2v) is 9.43. The molecule has 2 aromatic rings. The van der Waals surface area contributed by atoms with E-state index in [1.165, 1.54) is 60.1 Å². The fraction of sp³-hybridized carbons (Fsp3) is 0.542. The van der Waals surface area contributed by atoms with Gasteiger partial charge in [-0.2, -0.15) is 0 Å². The fourth-order valence-electron chi connectivity index (χ4n) is 4.11. The molecule has 1 N–H and O–H groups in total. The number of piperidine rings is 1. The van der Waals surface area contributed by atoms with Gasteiger partial charge in [-0.3, -0.25) is 4.98 Å². The monoisotopic (exact) mass is 380 g/mol. The first-order valence-electron chi connectivity index (χ1n) is 10.5. The van der Waals surface area contributed by atoms with Crippen LogP contribution in [0.3, 0.4) is 0 Å². The van der Waals surface area contributed by atoms with Gasteiger partial charge < -0.3 is 9.91 Å². The number of pyridine rings is 1. The van der Waals surface area contributed by atoms with E-state index in [0.29, 0.717) is 11.3 Å². The highest BCUT2D eigenvalue weighted by molar-refractivity contribution is 5.85. The van der Waals surface area contributed by atoms with Gasteiger partial charge in [0.25, 0.3) is 0 Å². The van der Waals surface area contributed by atoms with Crippen LogP contribution in [0.5, 0.6) is 0 Å². The van der Waals surface area contributed by atoms with Crippen LogP contribution >= 0.6 is 0 Å². The zero-order chi connectivity index (χ0) is 20.3. The fourth-order valence-corrected chi connectivity index (χ4v) is 4.11. The Bertz CT molecular complexity index is 826. The van der Waals surface area contributed by atoms with Crippen LogP contribution in [0.2, 0.25) is 0 Å². The van der Waals surface area contributed by atoms with Crippen LogP contribution in [0.4, 0.5) is 0 Å². The van der Waals surface area contributed by atoms with Crippen molar-refractivity contribution in [3.8, 4) is 0 Å². The van der Waals surface area contributed by atoms with Crippen molar-refractivity contribution in [3.05, 3.63) is 47.9 Å². The summed E-state index contributed by atoms with van der Waals surface area (Å²) in [5, 5.41) is 4.48. The van der Waals surface area contributed by atoms with E-state index in [1.54, 1.807) is 0 Å². The summed E-state index contributed by atoms with van der Waals surface area (Å²) in [6, 6.07) is 8.98. The smallest absolute Gasteiger partial charge is 0.0441 e. The molecule has 1 aromatic heterocycles. The number of rotatable bonds is 5. The van der Waals surface area contributed by atoms with Crippen LogP contribution in [0.25, 0.3) is 16.3 Å². The minimum Gasteiger partial charge on any atom is -0.319 e. The predicted molar refractivity (Wildman–Crippen MR) is 120 cm³/mol. The second-order valence-electron chi connectivity index (χ2n) is 9.43. The van der Waals surface area contributed by atoms with E-state index in [2.05, 4.69) is 74.7 Å². The maximum atomic E-state index is 4.81. The molecule has 0 saturated carbocycles. The van der Waals surface area contributed by atoms with Gasteiger partial charge in [0.15, 0.2) is 0 Å². The van der Waals surface area contributed by atoms with Crippen molar-refractivity contribution in [1.82, 2.24) is 20.3 Å². The van der Waals surface area contributed by atoms with Gasteiger partial charge in [0, 0.05) is 50.0 Å². The van der Waals surface area contributed by atoms with Crippen LogP contribution in [-0.2, 0) is 0 Å². The van der Waals surface area contributed by atoms with Crippen LogP contribution in [0, 0.1) is 5.41 Å². The van der Waals surface area contributed by atoms with Gasteiger partial charge in [-0.1, -0.05) is 32.9 Å². The molecule has 0 amide bonds. The average molecular weight is 381 g/mol. The molecule has 0 atom stereocenters. The molecule has 1 aliphatic rings. The van der Waals surface area contributed by atoms with E-state index in [1.807, 2.05) is 19.1 Å². The molecular weight excluding hydrogens is 344 g/mol. The van der Waals surface area contributed by atoms with Crippen molar-refractivity contribution in [2.45, 2.75) is 46.5 Å². The number of likely N-dealkylation sites (tertiary alicyclic amines) is 1. The Kier molecular flexibility index (Phi) is 6.41. The van der Waals surface area contributed by atoms with Gasteiger partial charge in [0.05, 0.1) is 0 Å². The zero-order valence-corrected chi connectivity index (χ0v) is 18.4. The Labute approximate surface area is 170 Å². The molecule has 1 fully saturated rings. The molecule has 1 aliphatic heterocycles. The number of nitrogens with zero attached hydrogens (tertiary/aromatic N) is 3. The van der Waals surface area contributed by atoms with E-state index in [4.69, 9.17) is 4.98 Å². The minimum absolute atomic E-state index is 0.372. The quantitative estimate of drug-likeness (QED) is 0.749. The number of hydrogen-bond donors (Lipinski definition) is 1. The van der Waals surface area contributed by atoms with Gasteiger partial charge >= 0.3 is 0 Å². The van der Waals surface area contributed by atoms with E-state index in [-0.39, 0.29) is 0 Å². The third-order valence-electron chi connectivity index (χ3n) is 5.64. The lowest BCUT2D eigenvalue weighted by atomic mass is 9.89. The third-order valence-corrected chi connectivity index (χ3v) is 5.64. The van der Waals surface area contributed by atoms with Gasteiger partial charge in [-0.15, -0.1) is 0 Å². The number of hydrazine groups is 1. The Hall–Kier alpha value is -1.91. The van der Waals surface area contributed by atoms with Crippen molar-refractivity contribution in [2.75, 3.05) is 33.7 Å². The summed E-state index contributed by atoms with van der Waals surface area (Å²) in [5.41, 5.74) is 7.25. The Balaban J connectivity index is 1.76. The second kappa shape index (κ2) is 8.62. The maximum absolute atomic E-state index is 4.81. The maximum Gasteiger partial charge on any atom is 0.0441 e. The highest BCUT2D eigenvalue weighted by Crippen LogP contribution is 2.30. The standard InChI is InChI=1S/C24H36N4/c1-18(16-27(6)25-5)20-7-8-21-15-26-23(14-22(21)13-20)19-9-11-28(12-10-19)17-24(2,3)4/h7-8,13-16,19,25H,9-12,17H2,1-6H3/b18-16+. The summed E-state index contributed by atoms with van der Waals surface area (Å²) in [4.78, 5) is 7.43. The molecule has 2 heterocycles. The molecule has 152 valence electrons. The van der Waals surface area contributed by atoms with Crippen LogP contribution < -0.4 is 5.43 Å². The topological polar surface area (TPSA) is 31.4 Å². The molecule has 1 aromatic carbocycles. The van der Waals surface area contributed by atoms with Crippen LogP contribution in [-0.4, -0.2) is 48.6 Å². The van der Waals surface area contributed by atoms with Crippen molar-refractivity contribution in [1.29, 1.82) is 0 Å². The largest absolute Gasteiger partial charge is 0.319 e. The lowest BCUT2D eigenvalue weighted by molar-refractivity contribution is 0.153. The molecule has 28 heavy (non-hydrogen) atoms. The SMILES string of the molecule is CNN(C)/C=C(\C)c1ccc2cnc(C3CCN(CC(C)(C)C)CC3)cc2c1. The molecule has 0 aliphatic carbocycles.